The zero-order chi connectivity index (χ0) is 15.0. The molecule has 0 radical (unpaired) electrons. The first-order valence-electron chi connectivity index (χ1n) is 7.00. The second kappa shape index (κ2) is 9.77. The molecule has 0 unspecified atom stereocenters. The van der Waals surface area contributed by atoms with E-state index in [9.17, 15) is 0 Å². The molecule has 0 aliphatic heterocycles. The fourth-order valence-corrected chi connectivity index (χ4v) is 3.32. The number of nitrogens with one attached hydrogen (secondary N) is 1. The van der Waals surface area contributed by atoms with Crippen molar-refractivity contribution in [1.82, 2.24) is 10.2 Å². The summed E-state index contributed by atoms with van der Waals surface area (Å²) in [5.41, 5.74) is 1.25. The van der Waals surface area contributed by atoms with Gasteiger partial charge in [0.1, 0.15) is 5.75 Å². The molecule has 0 saturated carbocycles. The number of rotatable bonds is 9. The lowest BCUT2D eigenvalue weighted by Crippen LogP contribution is -2.21. The van der Waals surface area contributed by atoms with Crippen LogP contribution >= 0.6 is 31.9 Å². The van der Waals surface area contributed by atoms with Crippen molar-refractivity contribution in [2.45, 2.75) is 26.3 Å². The molecule has 114 valence electrons. The molecule has 0 fully saturated rings. The standard InChI is InChI=1S/C15H24Br2N2O/c1-4-8-20-15-13(16)9-12(10-14(15)17)11-18-6-5-7-19(2)3/h9-10,18H,4-8,11H2,1-3H3. The second-order valence-corrected chi connectivity index (χ2v) is 6.78. The predicted octanol–water partition coefficient (Wildman–Crippen LogP) is 4.04. The topological polar surface area (TPSA) is 24.5 Å². The van der Waals surface area contributed by atoms with Gasteiger partial charge in [0.15, 0.2) is 0 Å². The maximum Gasteiger partial charge on any atom is 0.147 e. The van der Waals surface area contributed by atoms with Crippen molar-refractivity contribution in [3.8, 4) is 5.75 Å². The van der Waals surface area contributed by atoms with Crippen molar-refractivity contribution in [1.29, 1.82) is 0 Å². The van der Waals surface area contributed by atoms with Crippen molar-refractivity contribution in [3.05, 3.63) is 26.6 Å². The highest BCUT2D eigenvalue weighted by atomic mass is 79.9. The van der Waals surface area contributed by atoms with E-state index in [1.54, 1.807) is 0 Å². The minimum absolute atomic E-state index is 0.735. The summed E-state index contributed by atoms with van der Waals surface area (Å²) in [4.78, 5) is 2.20. The van der Waals surface area contributed by atoms with Crippen LogP contribution in [0.4, 0.5) is 0 Å². The van der Waals surface area contributed by atoms with E-state index in [0.717, 1.165) is 53.8 Å². The van der Waals surface area contributed by atoms with Crippen LogP contribution in [0.3, 0.4) is 0 Å². The van der Waals surface area contributed by atoms with E-state index in [0.29, 0.717) is 0 Å². The number of hydrogen-bond donors (Lipinski definition) is 1. The van der Waals surface area contributed by atoms with Crippen LogP contribution in [0.2, 0.25) is 0 Å². The number of benzene rings is 1. The lowest BCUT2D eigenvalue weighted by atomic mass is 10.2. The summed E-state index contributed by atoms with van der Waals surface area (Å²) in [5.74, 6) is 0.892. The van der Waals surface area contributed by atoms with E-state index in [-0.39, 0.29) is 0 Å². The van der Waals surface area contributed by atoms with Crippen molar-refractivity contribution in [2.75, 3.05) is 33.8 Å². The highest BCUT2D eigenvalue weighted by molar-refractivity contribution is 9.11. The van der Waals surface area contributed by atoms with Gasteiger partial charge in [-0.3, -0.25) is 0 Å². The zero-order valence-electron chi connectivity index (χ0n) is 12.5. The Morgan fingerprint density at radius 3 is 2.40 bits per heavy atom. The molecule has 3 nitrogen and oxygen atoms in total. The Morgan fingerprint density at radius 1 is 1.20 bits per heavy atom. The van der Waals surface area contributed by atoms with Crippen LogP contribution in [0.1, 0.15) is 25.3 Å². The average Bonchev–Trinajstić information content (AvgIpc) is 2.37. The van der Waals surface area contributed by atoms with E-state index < -0.39 is 0 Å². The molecule has 5 heteroatoms. The predicted molar refractivity (Wildman–Crippen MR) is 92.5 cm³/mol. The van der Waals surface area contributed by atoms with Crippen molar-refractivity contribution < 1.29 is 4.74 Å². The highest BCUT2D eigenvalue weighted by Gasteiger charge is 2.08. The van der Waals surface area contributed by atoms with E-state index in [4.69, 9.17) is 4.74 Å². The minimum Gasteiger partial charge on any atom is -0.491 e. The van der Waals surface area contributed by atoms with Gasteiger partial charge in [-0.1, -0.05) is 6.92 Å². The number of nitrogens with zero attached hydrogens (tertiary/aromatic N) is 1. The van der Waals surface area contributed by atoms with E-state index in [1.807, 2.05) is 0 Å². The molecule has 0 heterocycles. The first kappa shape index (κ1) is 18.0. The van der Waals surface area contributed by atoms with Gasteiger partial charge < -0.3 is 15.0 Å². The van der Waals surface area contributed by atoms with Crippen LogP contribution in [0.25, 0.3) is 0 Å². The third-order valence-electron chi connectivity index (χ3n) is 2.80. The summed E-state index contributed by atoms with van der Waals surface area (Å²) in [7, 11) is 4.20. The SMILES string of the molecule is CCCOc1c(Br)cc(CNCCCN(C)C)cc1Br. The van der Waals surface area contributed by atoms with Crippen molar-refractivity contribution >= 4 is 31.9 Å². The van der Waals surface area contributed by atoms with Gasteiger partial charge in [0.05, 0.1) is 15.6 Å². The first-order valence-corrected chi connectivity index (χ1v) is 8.59. The third-order valence-corrected chi connectivity index (χ3v) is 3.97. The molecule has 0 aliphatic carbocycles. The summed E-state index contributed by atoms with van der Waals surface area (Å²) in [6, 6.07) is 4.24. The molecule has 1 aromatic carbocycles. The first-order chi connectivity index (χ1) is 9.54. The maximum atomic E-state index is 5.72. The molecule has 0 bridgehead atoms. The Labute approximate surface area is 139 Å². The zero-order valence-corrected chi connectivity index (χ0v) is 15.7. The molecule has 0 spiro atoms. The molecule has 0 aromatic heterocycles. The second-order valence-electron chi connectivity index (χ2n) is 5.07. The summed E-state index contributed by atoms with van der Waals surface area (Å²) in [5, 5.41) is 3.46. The fraction of sp³-hybridized carbons (Fsp3) is 0.600. The smallest absolute Gasteiger partial charge is 0.147 e. The molecule has 1 rings (SSSR count). The molecule has 0 saturated heterocycles. The average molecular weight is 408 g/mol. The third kappa shape index (κ3) is 6.57. The Kier molecular flexibility index (Phi) is 8.77. The Morgan fingerprint density at radius 2 is 1.85 bits per heavy atom. The monoisotopic (exact) mass is 406 g/mol. The van der Waals surface area contributed by atoms with Gasteiger partial charge in [0.2, 0.25) is 0 Å². The summed E-state index contributed by atoms with van der Waals surface area (Å²) in [6.07, 6.45) is 2.17. The normalized spacial score (nSPS) is 11.1. The molecule has 1 aromatic rings. The van der Waals surface area contributed by atoms with Gasteiger partial charge in [0, 0.05) is 6.54 Å². The molecular weight excluding hydrogens is 384 g/mol. The van der Waals surface area contributed by atoms with Gasteiger partial charge in [-0.2, -0.15) is 0 Å². The Bertz CT molecular complexity index is 388. The Balaban J connectivity index is 2.47. The molecule has 1 N–H and O–H groups in total. The van der Waals surface area contributed by atoms with Crippen LogP contribution in [0.5, 0.6) is 5.75 Å². The maximum absolute atomic E-state index is 5.72. The highest BCUT2D eigenvalue weighted by Crippen LogP contribution is 2.34. The van der Waals surface area contributed by atoms with E-state index >= 15 is 0 Å². The van der Waals surface area contributed by atoms with Gasteiger partial charge in [-0.15, -0.1) is 0 Å². The van der Waals surface area contributed by atoms with Gasteiger partial charge >= 0.3 is 0 Å². The minimum atomic E-state index is 0.735. The van der Waals surface area contributed by atoms with Crippen LogP contribution in [0.15, 0.2) is 21.1 Å². The van der Waals surface area contributed by atoms with Crippen LogP contribution in [-0.4, -0.2) is 38.7 Å². The summed E-state index contributed by atoms with van der Waals surface area (Å²) in [6.45, 7) is 5.86. The van der Waals surface area contributed by atoms with Crippen LogP contribution in [-0.2, 0) is 6.54 Å². The molecule has 20 heavy (non-hydrogen) atoms. The quantitative estimate of drug-likeness (QED) is 0.625. The lowest BCUT2D eigenvalue weighted by molar-refractivity contribution is 0.313. The van der Waals surface area contributed by atoms with E-state index in [1.165, 1.54) is 5.56 Å². The lowest BCUT2D eigenvalue weighted by Gasteiger charge is -2.13. The van der Waals surface area contributed by atoms with Crippen LogP contribution in [0, 0.1) is 0 Å². The largest absolute Gasteiger partial charge is 0.491 e. The van der Waals surface area contributed by atoms with Gasteiger partial charge in [-0.05, 0) is 89.6 Å². The number of ether oxygens (including phenoxy) is 1. The van der Waals surface area contributed by atoms with Gasteiger partial charge in [-0.25, -0.2) is 0 Å². The fourth-order valence-electron chi connectivity index (χ4n) is 1.81. The molecule has 0 aliphatic rings. The van der Waals surface area contributed by atoms with Crippen molar-refractivity contribution in [3.63, 3.8) is 0 Å². The summed E-state index contributed by atoms with van der Waals surface area (Å²) >= 11 is 7.16. The van der Waals surface area contributed by atoms with Crippen LogP contribution < -0.4 is 10.1 Å². The number of halogens is 2. The molecular formula is C15H24Br2N2O. The van der Waals surface area contributed by atoms with Gasteiger partial charge in [0.25, 0.3) is 0 Å². The molecule has 0 amide bonds. The molecule has 0 atom stereocenters. The Hall–Kier alpha value is -0.100. The van der Waals surface area contributed by atoms with E-state index in [2.05, 4.69) is 75.2 Å². The summed E-state index contributed by atoms with van der Waals surface area (Å²) < 4.78 is 7.73. The van der Waals surface area contributed by atoms with Crippen molar-refractivity contribution in [2.24, 2.45) is 0 Å². The number of hydrogen-bond acceptors (Lipinski definition) is 3.